The highest BCUT2D eigenvalue weighted by atomic mass is 79.9. The lowest BCUT2D eigenvalue weighted by Crippen LogP contribution is -2.55. The first-order valence-corrected chi connectivity index (χ1v) is 7.55. The van der Waals surface area contributed by atoms with Gasteiger partial charge < -0.3 is 10.4 Å². The fourth-order valence-corrected chi connectivity index (χ4v) is 3.31. The Kier molecular flexibility index (Phi) is 4.48. The van der Waals surface area contributed by atoms with E-state index in [1.807, 2.05) is 13.0 Å². The van der Waals surface area contributed by atoms with Crippen molar-refractivity contribution in [3.05, 3.63) is 33.8 Å². The smallest absolute Gasteiger partial charge is 0.329 e. The second-order valence-electron chi connectivity index (χ2n) is 5.42. The van der Waals surface area contributed by atoms with Crippen LogP contribution in [0.1, 0.15) is 48.0 Å². The fourth-order valence-electron chi connectivity index (χ4n) is 2.70. The van der Waals surface area contributed by atoms with Crippen molar-refractivity contribution in [3.63, 3.8) is 0 Å². The number of aliphatic carboxylic acids is 1. The van der Waals surface area contributed by atoms with Gasteiger partial charge in [0.1, 0.15) is 5.54 Å². The zero-order valence-electron chi connectivity index (χ0n) is 11.4. The number of rotatable bonds is 3. The normalized spacial score (nSPS) is 17.5. The standard InChI is InChI=1S/C15H18BrNO3/c1-10-7-11(9-12(16)8-10)13(18)17-15(14(19)20)5-3-2-4-6-15/h7-9H,2-6H2,1H3,(H,17,18)(H,19,20). The number of halogens is 1. The molecule has 20 heavy (non-hydrogen) atoms. The van der Waals surface area contributed by atoms with Crippen molar-refractivity contribution < 1.29 is 14.7 Å². The average molecular weight is 340 g/mol. The highest BCUT2D eigenvalue weighted by Crippen LogP contribution is 2.29. The first-order chi connectivity index (χ1) is 9.43. The number of hydrogen-bond donors (Lipinski definition) is 2. The minimum absolute atomic E-state index is 0.321. The molecule has 0 bridgehead atoms. The maximum absolute atomic E-state index is 12.3. The van der Waals surface area contributed by atoms with Crippen LogP contribution in [0.5, 0.6) is 0 Å². The summed E-state index contributed by atoms with van der Waals surface area (Å²) in [6, 6.07) is 5.38. The molecule has 2 N–H and O–H groups in total. The molecule has 4 nitrogen and oxygen atoms in total. The highest BCUT2D eigenvalue weighted by Gasteiger charge is 2.41. The van der Waals surface area contributed by atoms with Gasteiger partial charge in [0.2, 0.25) is 0 Å². The molecule has 1 amide bonds. The number of hydrogen-bond acceptors (Lipinski definition) is 2. The number of amides is 1. The molecule has 108 valence electrons. The molecule has 1 saturated carbocycles. The molecule has 0 heterocycles. The summed E-state index contributed by atoms with van der Waals surface area (Å²) in [4.78, 5) is 23.9. The van der Waals surface area contributed by atoms with Crippen molar-refractivity contribution >= 4 is 27.8 Å². The van der Waals surface area contributed by atoms with Crippen molar-refractivity contribution in [1.82, 2.24) is 5.32 Å². The zero-order valence-corrected chi connectivity index (χ0v) is 13.0. The lowest BCUT2D eigenvalue weighted by atomic mass is 9.81. The van der Waals surface area contributed by atoms with Gasteiger partial charge in [-0.2, -0.15) is 0 Å². The number of carboxylic acids is 1. The molecule has 0 aromatic heterocycles. The SMILES string of the molecule is Cc1cc(Br)cc(C(=O)NC2(C(=O)O)CCCCC2)c1. The van der Waals surface area contributed by atoms with E-state index in [9.17, 15) is 14.7 Å². The minimum Gasteiger partial charge on any atom is -0.480 e. The van der Waals surface area contributed by atoms with Crippen LogP contribution in [0, 0.1) is 6.92 Å². The van der Waals surface area contributed by atoms with Crippen molar-refractivity contribution in [3.8, 4) is 0 Å². The van der Waals surface area contributed by atoms with Gasteiger partial charge in [-0.05, 0) is 43.5 Å². The van der Waals surface area contributed by atoms with E-state index >= 15 is 0 Å². The van der Waals surface area contributed by atoms with Gasteiger partial charge >= 0.3 is 5.97 Å². The van der Waals surface area contributed by atoms with Gasteiger partial charge in [-0.25, -0.2) is 4.79 Å². The number of aryl methyl sites for hydroxylation is 1. The Labute approximate surface area is 126 Å². The lowest BCUT2D eigenvalue weighted by molar-refractivity contribution is -0.145. The molecule has 1 aliphatic rings. The molecule has 5 heteroatoms. The third-order valence-corrected chi connectivity index (χ3v) is 4.23. The molecule has 2 rings (SSSR count). The summed E-state index contributed by atoms with van der Waals surface area (Å²) in [6.07, 6.45) is 3.71. The summed E-state index contributed by atoms with van der Waals surface area (Å²) in [5, 5.41) is 12.2. The lowest BCUT2D eigenvalue weighted by Gasteiger charge is -2.34. The van der Waals surface area contributed by atoms with Gasteiger partial charge in [0.25, 0.3) is 5.91 Å². The van der Waals surface area contributed by atoms with Crippen LogP contribution in [0.2, 0.25) is 0 Å². The van der Waals surface area contributed by atoms with Crippen LogP contribution in [-0.2, 0) is 4.79 Å². The third kappa shape index (κ3) is 3.20. The second-order valence-corrected chi connectivity index (χ2v) is 6.33. The first-order valence-electron chi connectivity index (χ1n) is 6.76. The molecule has 1 aliphatic carbocycles. The summed E-state index contributed by atoms with van der Waals surface area (Å²) < 4.78 is 0.815. The first kappa shape index (κ1) is 15.0. The van der Waals surface area contributed by atoms with Crippen molar-refractivity contribution in [2.75, 3.05) is 0 Å². The molecule has 1 aromatic rings. The van der Waals surface area contributed by atoms with Crippen molar-refractivity contribution in [1.29, 1.82) is 0 Å². The Morgan fingerprint density at radius 1 is 1.20 bits per heavy atom. The largest absolute Gasteiger partial charge is 0.480 e. The summed E-state index contributed by atoms with van der Waals surface area (Å²) in [6.45, 7) is 1.90. The van der Waals surface area contributed by atoms with E-state index in [4.69, 9.17) is 0 Å². The molecule has 1 fully saturated rings. The molecule has 0 aliphatic heterocycles. The van der Waals surface area contributed by atoms with Gasteiger partial charge in [-0.15, -0.1) is 0 Å². The van der Waals surface area contributed by atoms with E-state index in [1.165, 1.54) is 0 Å². The van der Waals surface area contributed by atoms with E-state index in [0.717, 1.165) is 29.3 Å². The number of benzene rings is 1. The molecule has 0 atom stereocenters. The molecule has 0 unspecified atom stereocenters. The summed E-state index contributed by atoms with van der Waals surface area (Å²) in [5.41, 5.74) is 0.339. The quantitative estimate of drug-likeness (QED) is 0.887. The van der Waals surface area contributed by atoms with E-state index in [-0.39, 0.29) is 5.91 Å². The number of carbonyl (C=O) groups is 2. The molecule has 1 aromatic carbocycles. The predicted octanol–water partition coefficient (Wildman–Crippen LogP) is 3.27. The summed E-state index contributed by atoms with van der Waals surface area (Å²) >= 11 is 3.35. The Morgan fingerprint density at radius 3 is 2.40 bits per heavy atom. The van der Waals surface area contributed by atoms with Crippen LogP contribution in [0.3, 0.4) is 0 Å². The summed E-state index contributed by atoms with van der Waals surface area (Å²) in [5.74, 6) is -1.25. The third-order valence-electron chi connectivity index (χ3n) is 3.77. The maximum atomic E-state index is 12.3. The average Bonchev–Trinajstić information content (AvgIpc) is 2.38. The van der Waals surface area contributed by atoms with Crippen LogP contribution in [0.25, 0.3) is 0 Å². The van der Waals surface area contributed by atoms with Gasteiger partial charge in [0.15, 0.2) is 0 Å². The fraction of sp³-hybridized carbons (Fsp3) is 0.467. The predicted molar refractivity (Wildman–Crippen MR) is 79.8 cm³/mol. The van der Waals surface area contributed by atoms with Gasteiger partial charge in [-0.1, -0.05) is 35.2 Å². The molecular weight excluding hydrogens is 322 g/mol. The van der Waals surface area contributed by atoms with E-state index in [0.29, 0.717) is 18.4 Å². The number of carboxylic acid groups (broad SMARTS) is 1. The van der Waals surface area contributed by atoms with Crippen LogP contribution >= 0.6 is 15.9 Å². The van der Waals surface area contributed by atoms with E-state index < -0.39 is 11.5 Å². The van der Waals surface area contributed by atoms with E-state index in [1.54, 1.807) is 12.1 Å². The van der Waals surface area contributed by atoms with Gasteiger partial charge in [0.05, 0.1) is 0 Å². The maximum Gasteiger partial charge on any atom is 0.329 e. The summed E-state index contributed by atoms with van der Waals surface area (Å²) in [7, 11) is 0. The minimum atomic E-state index is -1.11. The highest BCUT2D eigenvalue weighted by molar-refractivity contribution is 9.10. The van der Waals surface area contributed by atoms with Crippen LogP contribution in [0.15, 0.2) is 22.7 Å². The monoisotopic (exact) mass is 339 g/mol. The Hall–Kier alpha value is -1.36. The van der Waals surface area contributed by atoms with Crippen LogP contribution in [-0.4, -0.2) is 22.5 Å². The Bertz CT molecular complexity index is 516. The Morgan fingerprint density at radius 2 is 1.85 bits per heavy atom. The van der Waals surface area contributed by atoms with Crippen molar-refractivity contribution in [2.24, 2.45) is 0 Å². The zero-order chi connectivity index (χ0) is 14.8. The molecule has 0 saturated heterocycles. The number of carbonyl (C=O) groups excluding carboxylic acids is 1. The van der Waals surface area contributed by atoms with Crippen LogP contribution in [0.4, 0.5) is 0 Å². The topological polar surface area (TPSA) is 66.4 Å². The van der Waals surface area contributed by atoms with Crippen LogP contribution < -0.4 is 5.32 Å². The van der Waals surface area contributed by atoms with Crippen molar-refractivity contribution in [2.45, 2.75) is 44.6 Å². The van der Waals surface area contributed by atoms with Gasteiger partial charge in [-0.3, -0.25) is 4.79 Å². The van der Waals surface area contributed by atoms with E-state index in [2.05, 4.69) is 21.2 Å². The molecule has 0 radical (unpaired) electrons. The second kappa shape index (κ2) is 5.95. The van der Waals surface area contributed by atoms with Gasteiger partial charge in [0, 0.05) is 10.0 Å². The molecular formula is C15H18BrNO3. The number of nitrogens with one attached hydrogen (secondary N) is 1. The molecule has 0 spiro atoms. The Balaban J connectivity index is 2.22.